The molecule has 2 aromatic carbocycles. The molecular weight excluding hydrogens is 867 g/mol. The summed E-state index contributed by atoms with van der Waals surface area (Å²) in [7, 11) is 0. The van der Waals surface area contributed by atoms with Crippen LogP contribution in [-0.4, -0.2) is 128 Å². The fourth-order valence-corrected chi connectivity index (χ4v) is 6.84. The number of nitrogens with zero attached hydrogens (tertiary/aromatic N) is 2. The van der Waals surface area contributed by atoms with Crippen molar-refractivity contribution in [3.05, 3.63) is 90.1 Å². The average Bonchev–Trinajstić information content (AvgIpc) is 3.95. The number of carboxylic acids is 1. The maximum Gasteiger partial charge on any atom is 0.327 e. The van der Waals surface area contributed by atoms with Gasteiger partial charge in [0.05, 0.1) is 12.4 Å². The van der Waals surface area contributed by atoms with E-state index in [1.807, 2.05) is 18.2 Å². The number of amides is 6. The highest BCUT2D eigenvalue weighted by Gasteiger charge is 2.34. The molecule has 15 N–H and O–H groups in total. The van der Waals surface area contributed by atoms with Crippen LogP contribution >= 0.6 is 25.3 Å². The van der Waals surface area contributed by atoms with Gasteiger partial charge in [-0.05, 0) is 37.0 Å². The molecule has 0 unspecified atom stereocenters. The third kappa shape index (κ3) is 15.3. The van der Waals surface area contributed by atoms with Gasteiger partial charge in [-0.3, -0.25) is 33.8 Å². The Morgan fingerprint density at radius 3 is 1.89 bits per heavy atom. The summed E-state index contributed by atoms with van der Waals surface area (Å²) in [6, 6.07) is 7.20. The molecule has 0 fully saturated rings. The van der Waals surface area contributed by atoms with E-state index in [4.69, 9.17) is 17.2 Å². The molecule has 23 heteroatoms. The van der Waals surface area contributed by atoms with Crippen molar-refractivity contribution in [2.24, 2.45) is 22.2 Å². The van der Waals surface area contributed by atoms with Gasteiger partial charge in [0.25, 0.3) is 0 Å². The number of aromatic nitrogens is 3. The van der Waals surface area contributed by atoms with E-state index in [9.17, 15) is 38.7 Å². The molecule has 0 saturated heterocycles. The molecule has 0 aliphatic rings. The summed E-state index contributed by atoms with van der Waals surface area (Å²) in [5.74, 6) is -6.30. The number of aliphatic imine (C=N–C) groups is 1. The number of hydrogen-bond acceptors (Lipinski definition) is 12. The Hall–Kier alpha value is -6.59. The second-order valence-electron chi connectivity index (χ2n) is 14.8. The minimum Gasteiger partial charge on any atom is -0.480 e. The van der Waals surface area contributed by atoms with Gasteiger partial charge in [-0.1, -0.05) is 48.5 Å². The molecule has 7 atom stereocenters. The van der Waals surface area contributed by atoms with Crippen LogP contribution in [0.5, 0.6) is 0 Å². The molecule has 0 saturated carbocycles. The summed E-state index contributed by atoms with van der Waals surface area (Å²) in [6.45, 7) is 1.48. The molecule has 2 heterocycles. The predicted octanol–water partition coefficient (Wildman–Crippen LogP) is -1.83. The normalized spacial score (nSPS) is 14.3. The highest BCUT2D eigenvalue weighted by molar-refractivity contribution is 7.80. The Morgan fingerprint density at radius 2 is 1.28 bits per heavy atom. The van der Waals surface area contributed by atoms with E-state index in [1.165, 1.54) is 19.4 Å². The summed E-state index contributed by atoms with van der Waals surface area (Å²) in [5.41, 5.74) is 19.3. The standard InChI is InChI=1S/C41H55N13O8S2/c1-22(49-35(56)27(42)19-63)34(55)51-32(16-25-18-45-21-48-25)39(60)52-30(14-23-8-3-2-4-9-23)37(58)50-29(12-7-13-46-41(43)44)36(57)53-31(38(59)54-33(20-64)40(61)62)15-24-17-47-28-11-6-5-10-26(24)28/h2-6,8-11,17-18,21-22,27,29-33,47,63-64H,7,12-16,19-20,42H2,1H3,(H,45,48)(H,49,56)(H,50,58)(H,51,55)(H,52,60)(H,53,57)(H,54,59)(H,61,62)(H4,43,44,46)/t22-,27+,29+,30-,31+,32+,33+/m1/s1. The first kappa shape index (κ1) is 50.1. The summed E-state index contributed by atoms with van der Waals surface area (Å²) in [6.07, 6.45) is 4.41. The Morgan fingerprint density at radius 1 is 0.703 bits per heavy atom. The van der Waals surface area contributed by atoms with Crippen LogP contribution in [0.2, 0.25) is 0 Å². The predicted molar refractivity (Wildman–Crippen MR) is 245 cm³/mol. The van der Waals surface area contributed by atoms with Crippen molar-refractivity contribution in [3.63, 3.8) is 0 Å². The van der Waals surface area contributed by atoms with E-state index < -0.39 is 83.7 Å². The number of carboxylic acid groups (broad SMARTS) is 1. The highest BCUT2D eigenvalue weighted by Crippen LogP contribution is 2.20. The number of thiol groups is 2. The van der Waals surface area contributed by atoms with E-state index in [2.05, 4.69) is 77.1 Å². The molecule has 64 heavy (non-hydrogen) atoms. The molecule has 4 rings (SSSR count). The van der Waals surface area contributed by atoms with Crippen molar-refractivity contribution in [2.75, 3.05) is 18.1 Å². The first-order valence-corrected chi connectivity index (χ1v) is 21.5. The van der Waals surface area contributed by atoms with Gasteiger partial charge in [0, 0.05) is 66.3 Å². The maximum absolute atomic E-state index is 14.4. The zero-order valence-electron chi connectivity index (χ0n) is 35.0. The molecule has 0 bridgehead atoms. The Labute approximate surface area is 379 Å². The minimum atomic E-state index is -1.38. The first-order chi connectivity index (χ1) is 30.6. The Bertz CT molecular complexity index is 2240. The topological polar surface area (TPSA) is 347 Å². The van der Waals surface area contributed by atoms with Gasteiger partial charge in [0.15, 0.2) is 5.96 Å². The minimum absolute atomic E-state index is 0.0270. The second kappa shape index (κ2) is 24.9. The third-order valence-electron chi connectivity index (χ3n) is 9.92. The molecular formula is C41H55N13O8S2. The molecule has 2 aromatic heterocycles. The number of nitrogens with two attached hydrogens (primary N) is 3. The zero-order chi connectivity index (χ0) is 46.8. The van der Waals surface area contributed by atoms with E-state index in [0.29, 0.717) is 16.8 Å². The van der Waals surface area contributed by atoms with Gasteiger partial charge in [-0.15, -0.1) is 0 Å². The first-order valence-electron chi connectivity index (χ1n) is 20.2. The van der Waals surface area contributed by atoms with Crippen molar-refractivity contribution in [3.8, 4) is 0 Å². The molecule has 0 aliphatic carbocycles. The number of carbonyl (C=O) groups is 7. The van der Waals surface area contributed by atoms with Crippen LogP contribution < -0.4 is 49.1 Å². The van der Waals surface area contributed by atoms with Crippen molar-refractivity contribution in [1.82, 2.24) is 46.9 Å². The summed E-state index contributed by atoms with van der Waals surface area (Å²) in [4.78, 5) is 108. The fraction of sp³-hybridized carbons (Fsp3) is 0.390. The van der Waals surface area contributed by atoms with E-state index in [0.717, 1.165) is 10.9 Å². The quantitative estimate of drug-likeness (QED) is 0.0151. The van der Waals surface area contributed by atoms with Crippen LogP contribution in [0.1, 0.15) is 36.6 Å². The second-order valence-corrected chi connectivity index (χ2v) is 15.6. The van der Waals surface area contributed by atoms with Crippen molar-refractivity contribution >= 4 is 83.5 Å². The third-order valence-corrected chi connectivity index (χ3v) is 10.7. The van der Waals surface area contributed by atoms with E-state index in [1.54, 1.807) is 42.6 Å². The highest BCUT2D eigenvalue weighted by atomic mass is 32.1. The molecule has 6 amide bonds. The SMILES string of the molecule is C[C@@H](NC(=O)[C@@H](N)CS)C(=O)N[C@@H](Cc1cnc[nH]1)C(=O)N[C@H](Cc1ccccc1)C(=O)N[C@@H](CCCN=C(N)N)C(=O)N[C@@H](Cc1c[nH]c2ccccc12)C(=O)N[C@@H](CS)C(=O)O. The molecule has 0 spiro atoms. The number of guanidine groups is 1. The lowest BCUT2D eigenvalue weighted by Gasteiger charge is -2.27. The smallest absolute Gasteiger partial charge is 0.327 e. The number of fused-ring (bicyclic) bond motifs is 1. The van der Waals surface area contributed by atoms with Crippen molar-refractivity contribution in [2.45, 2.75) is 81.3 Å². The van der Waals surface area contributed by atoms with Gasteiger partial charge < -0.3 is 64.2 Å². The van der Waals surface area contributed by atoms with Crippen molar-refractivity contribution < 1.29 is 38.7 Å². The lowest BCUT2D eigenvalue weighted by molar-refractivity contribution is -0.141. The molecule has 4 aromatic rings. The van der Waals surface area contributed by atoms with E-state index >= 15 is 0 Å². The number of benzene rings is 2. The van der Waals surface area contributed by atoms with Crippen LogP contribution in [0.4, 0.5) is 0 Å². The van der Waals surface area contributed by atoms with E-state index in [-0.39, 0.29) is 56.1 Å². The van der Waals surface area contributed by atoms with Crippen molar-refractivity contribution in [1.29, 1.82) is 0 Å². The number of H-pyrrole nitrogens is 2. The lowest BCUT2D eigenvalue weighted by Crippen LogP contribution is -2.60. The van der Waals surface area contributed by atoms with Gasteiger partial charge in [0.1, 0.15) is 36.3 Å². The summed E-state index contributed by atoms with van der Waals surface area (Å²) >= 11 is 8.08. The lowest BCUT2D eigenvalue weighted by atomic mass is 10.0. The number of para-hydroxylation sites is 1. The number of aromatic amines is 2. The average molecular weight is 922 g/mol. The largest absolute Gasteiger partial charge is 0.480 e. The van der Waals surface area contributed by atoms with Crippen LogP contribution in [0, 0.1) is 0 Å². The number of hydrogen-bond donors (Lipinski definition) is 14. The maximum atomic E-state index is 14.4. The zero-order valence-corrected chi connectivity index (χ0v) is 36.7. The van der Waals surface area contributed by atoms with Gasteiger partial charge >= 0.3 is 5.97 Å². The van der Waals surface area contributed by atoms with Crippen LogP contribution in [0.25, 0.3) is 10.9 Å². The molecule has 344 valence electrons. The number of carbonyl (C=O) groups excluding carboxylic acids is 6. The Balaban J connectivity index is 1.64. The van der Waals surface area contributed by atoms with Crippen LogP contribution in [-0.2, 0) is 52.8 Å². The monoisotopic (exact) mass is 921 g/mol. The summed E-state index contributed by atoms with van der Waals surface area (Å²) < 4.78 is 0. The van der Waals surface area contributed by atoms with Gasteiger partial charge in [-0.2, -0.15) is 25.3 Å². The number of imidazole rings is 1. The molecule has 0 radical (unpaired) electrons. The molecule has 0 aliphatic heterocycles. The Kier molecular flexibility index (Phi) is 19.5. The van der Waals surface area contributed by atoms with Gasteiger partial charge in [0.2, 0.25) is 35.4 Å². The van der Waals surface area contributed by atoms with Crippen LogP contribution in [0.3, 0.4) is 0 Å². The van der Waals surface area contributed by atoms with Gasteiger partial charge in [-0.25, -0.2) is 9.78 Å². The van der Waals surface area contributed by atoms with Crippen LogP contribution in [0.15, 0.2) is 78.3 Å². The molecule has 21 nitrogen and oxygen atoms in total. The number of aliphatic carboxylic acids is 1. The number of nitrogens with one attached hydrogen (secondary N) is 8. The fourth-order valence-electron chi connectivity index (χ4n) is 6.43. The summed E-state index contributed by atoms with van der Waals surface area (Å²) in [5, 5.41) is 26.1. The number of rotatable bonds is 25.